The van der Waals surface area contributed by atoms with Crippen LogP contribution < -0.4 is 14.8 Å². The molecule has 3 rings (SSSR count). The lowest BCUT2D eigenvalue weighted by atomic mass is 9.86. The van der Waals surface area contributed by atoms with Gasteiger partial charge in [-0.25, -0.2) is 0 Å². The molecule has 3 aromatic rings. The van der Waals surface area contributed by atoms with E-state index in [1.54, 1.807) is 30.3 Å². The van der Waals surface area contributed by atoms with Crippen LogP contribution in [0.1, 0.15) is 49.2 Å². The van der Waals surface area contributed by atoms with Gasteiger partial charge in [0.05, 0.1) is 17.3 Å². The predicted molar refractivity (Wildman–Crippen MR) is 126 cm³/mol. The van der Waals surface area contributed by atoms with Crippen LogP contribution in [0.4, 0.5) is 5.69 Å². The second-order valence-corrected chi connectivity index (χ2v) is 8.63. The Bertz CT molecular complexity index is 1060. The summed E-state index contributed by atoms with van der Waals surface area (Å²) in [7, 11) is 0. The molecule has 1 N–H and O–H groups in total. The molecule has 31 heavy (non-hydrogen) atoms. The van der Waals surface area contributed by atoms with E-state index in [0.29, 0.717) is 28.6 Å². The summed E-state index contributed by atoms with van der Waals surface area (Å²) >= 11 is 6.17. The topological polar surface area (TPSA) is 47.6 Å². The van der Waals surface area contributed by atoms with Crippen molar-refractivity contribution in [3.05, 3.63) is 88.4 Å². The molecule has 0 bridgehead atoms. The van der Waals surface area contributed by atoms with Gasteiger partial charge in [-0.2, -0.15) is 0 Å². The Balaban J connectivity index is 1.84. The molecule has 0 heterocycles. The van der Waals surface area contributed by atoms with E-state index in [2.05, 4.69) is 32.2 Å². The maximum atomic E-state index is 12.8. The summed E-state index contributed by atoms with van der Waals surface area (Å²) in [4.78, 5) is 12.8. The van der Waals surface area contributed by atoms with E-state index in [9.17, 15) is 4.79 Å². The van der Waals surface area contributed by atoms with Crippen LogP contribution in [0.3, 0.4) is 0 Å². The van der Waals surface area contributed by atoms with Crippen molar-refractivity contribution in [1.29, 1.82) is 0 Å². The van der Waals surface area contributed by atoms with Gasteiger partial charge >= 0.3 is 0 Å². The van der Waals surface area contributed by atoms with Crippen molar-refractivity contribution in [1.82, 2.24) is 0 Å². The van der Waals surface area contributed by atoms with Crippen molar-refractivity contribution in [3.8, 4) is 11.5 Å². The third-order valence-corrected chi connectivity index (χ3v) is 5.15. The maximum Gasteiger partial charge on any atom is 0.255 e. The molecular weight excluding hydrogens is 410 g/mol. The van der Waals surface area contributed by atoms with E-state index in [0.717, 1.165) is 16.9 Å². The molecule has 0 saturated heterocycles. The molecular formula is C26H28ClNO3. The zero-order valence-corrected chi connectivity index (χ0v) is 19.1. The summed E-state index contributed by atoms with van der Waals surface area (Å²) in [5.74, 6) is 1.28. The molecule has 162 valence electrons. The summed E-state index contributed by atoms with van der Waals surface area (Å²) in [5, 5.41) is 3.35. The Labute approximate surface area is 189 Å². The molecule has 0 spiro atoms. The number of para-hydroxylation sites is 2. The fourth-order valence-electron chi connectivity index (χ4n) is 3.25. The van der Waals surface area contributed by atoms with Gasteiger partial charge in [-0.1, -0.05) is 62.7 Å². The van der Waals surface area contributed by atoms with Crippen molar-refractivity contribution >= 4 is 23.2 Å². The monoisotopic (exact) mass is 437 g/mol. The highest BCUT2D eigenvalue weighted by Gasteiger charge is 2.19. The number of anilines is 1. The van der Waals surface area contributed by atoms with E-state index in [1.807, 2.05) is 37.3 Å². The Morgan fingerprint density at radius 3 is 2.35 bits per heavy atom. The standard InChI is InChI=1S/C26H28ClNO3/c1-5-30-23-15-14-18(25(29)28-22-12-8-7-11-21(22)27)16-19(23)17-31-24-13-9-6-10-20(24)26(2,3)4/h6-16H,5,17H2,1-4H3,(H,28,29). The van der Waals surface area contributed by atoms with Crippen LogP contribution in [-0.4, -0.2) is 12.5 Å². The third kappa shape index (κ3) is 5.80. The zero-order chi connectivity index (χ0) is 22.4. The molecule has 1 amide bonds. The van der Waals surface area contributed by atoms with Crippen molar-refractivity contribution < 1.29 is 14.3 Å². The number of nitrogens with one attached hydrogen (secondary N) is 1. The smallest absolute Gasteiger partial charge is 0.255 e. The molecule has 3 aromatic carbocycles. The average molecular weight is 438 g/mol. The van der Waals surface area contributed by atoms with Gasteiger partial charge in [-0.15, -0.1) is 0 Å². The molecule has 5 heteroatoms. The molecule has 0 aliphatic rings. The molecule has 0 atom stereocenters. The minimum Gasteiger partial charge on any atom is -0.493 e. The maximum absolute atomic E-state index is 12.8. The Kier molecular flexibility index (Phi) is 7.24. The van der Waals surface area contributed by atoms with Crippen LogP contribution in [0.2, 0.25) is 5.02 Å². The summed E-state index contributed by atoms with van der Waals surface area (Å²) < 4.78 is 11.9. The second-order valence-electron chi connectivity index (χ2n) is 8.22. The first kappa shape index (κ1) is 22.7. The van der Waals surface area contributed by atoms with Gasteiger partial charge in [-0.05, 0) is 54.3 Å². The number of benzene rings is 3. The van der Waals surface area contributed by atoms with Crippen LogP contribution in [-0.2, 0) is 12.0 Å². The van der Waals surface area contributed by atoms with Gasteiger partial charge in [-0.3, -0.25) is 4.79 Å². The molecule has 0 unspecified atom stereocenters. The molecule has 0 aromatic heterocycles. The van der Waals surface area contributed by atoms with Crippen LogP contribution in [0.5, 0.6) is 11.5 Å². The first-order valence-corrected chi connectivity index (χ1v) is 10.7. The minimum atomic E-state index is -0.243. The van der Waals surface area contributed by atoms with E-state index >= 15 is 0 Å². The lowest BCUT2D eigenvalue weighted by Crippen LogP contribution is -2.14. The second kappa shape index (κ2) is 9.88. The molecule has 0 saturated carbocycles. The number of halogens is 1. The molecule has 0 aliphatic heterocycles. The highest BCUT2D eigenvalue weighted by atomic mass is 35.5. The van der Waals surface area contributed by atoms with E-state index in [4.69, 9.17) is 21.1 Å². The summed E-state index contributed by atoms with van der Waals surface area (Å²) in [6.45, 7) is 9.20. The van der Waals surface area contributed by atoms with Crippen molar-refractivity contribution in [2.45, 2.75) is 39.7 Å². The number of hydrogen-bond acceptors (Lipinski definition) is 3. The van der Waals surface area contributed by atoms with Gasteiger partial charge in [0, 0.05) is 11.1 Å². The third-order valence-electron chi connectivity index (χ3n) is 4.82. The average Bonchev–Trinajstić information content (AvgIpc) is 2.74. The molecule has 4 nitrogen and oxygen atoms in total. The quantitative estimate of drug-likeness (QED) is 0.438. The number of hydrogen-bond donors (Lipinski definition) is 1. The summed E-state index contributed by atoms with van der Waals surface area (Å²) in [6.07, 6.45) is 0. The number of ether oxygens (including phenoxy) is 2. The van der Waals surface area contributed by atoms with Crippen LogP contribution in [0, 0.1) is 0 Å². The Morgan fingerprint density at radius 2 is 1.65 bits per heavy atom. The Morgan fingerprint density at radius 1 is 0.935 bits per heavy atom. The zero-order valence-electron chi connectivity index (χ0n) is 18.4. The van der Waals surface area contributed by atoms with Gasteiger partial charge in [0.1, 0.15) is 18.1 Å². The normalized spacial score (nSPS) is 11.1. The molecule has 0 radical (unpaired) electrons. The number of carbonyl (C=O) groups excluding carboxylic acids is 1. The Hall–Kier alpha value is -2.98. The van der Waals surface area contributed by atoms with Gasteiger partial charge in [0.15, 0.2) is 0 Å². The fraction of sp³-hybridized carbons (Fsp3) is 0.269. The molecule has 0 aliphatic carbocycles. The minimum absolute atomic E-state index is 0.0456. The number of rotatable bonds is 7. The van der Waals surface area contributed by atoms with E-state index < -0.39 is 0 Å². The van der Waals surface area contributed by atoms with E-state index in [-0.39, 0.29) is 17.9 Å². The van der Waals surface area contributed by atoms with Crippen molar-refractivity contribution in [2.75, 3.05) is 11.9 Å². The number of carbonyl (C=O) groups is 1. The summed E-state index contributed by atoms with van der Waals surface area (Å²) in [6, 6.07) is 20.5. The number of amides is 1. The largest absolute Gasteiger partial charge is 0.493 e. The van der Waals surface area contributed by atoms with Crippen molar-refractivity contribution in [2.24, 2.45) is 0 Å². The van der Waals surface area contributed by atoms with Gasteiger partial charge < -0.3 is 14.8 Å². The highest BCUT2D eigenvalue weighted by molar-refractivity contribution is 6.33. The van der Waals surface area contributed by atoms with Crippen LogP contribution >= 0.6 is 11.6 Å². The molecule has 0 fully saturated rings. The van der Waals surface area contributed by atoms with Crippen LogP contribution in [0.15, 0.2) is 66.7 Å². The summed E-state index contributed by atoms with van der Waals surface area (Å²) in [5.41, 5.74) is 2.96. The van der Waals surface area contributed by atoms with Crippen LogP contribution in [0.25, 0.3) is 0 Å². The first-order valence-electron chi connectivity index (χ1n) is 10.3. The van der Waals surface area contributed by atoms with Gasteiger partial charge in [0.2, 0.25) is 0 Å². The lowest BCUT2D eigenvalue weighted by Gasteiger charge is -2.23. The SMILES string of the molecule is CCOc1ccc(C(=O)Nc2ccccc2Cl)cc1COc1ccccc1C(C)(C)C. The first-order chi connectivity index (χ1) is 14.8. The lowest BCUT2D eigenvalue weighted by molar-refractivity contribution is 0.102. The fourth-order valence-corrected chi connectivity index (χ4v) is 3.44. The van der Waals surface area contributed by atoms with E-state index in [1.165, 1.54) is 0 Å². The predicted octanol–water partition coefficient (Wildman–Crippen LogP) is 6.87. The highest BCUT2D eigenvalue weighted by Crippen LogP contribution is 2.32. The van der Waals surface area contributed by atoms with Gasteiger partial charge in [0.25, 0.3) is 5.91 Å². The van der Waals surface area contributed by atoms with Crippen molar-refractivity contribution in [3.63, 3.8) is 0 Å².